The molecule has 2 aliphatic rings. The first kappa shape index (κ1) is 19.9. The van der Waals surface area contributed by atoms with Crippen molar-refractivity contribution in [1.29, 1.82) is 0 Å². The summed E-state index contributed by atoms with van der Waals surface area (Å²) in [6, 6.07) is 16.4. The summed E-state index contributed by atoms with van der Waals surface area (Å²) in [7, 11) is 1.70. The Morgan fingerprint density at radius 1 is 1.04 bits per heavy atom. The molecule has 2 heterocycles. The van der Waals surface area contributed by atoms with E-state index in [9.17, 15) is 5.11 Å². The molecule has 0 radical (unpaired) electrons. The van der Waals surface area contributed by atoms with Gasteiger partial charge in [-0.1, -0.05) is 42.0 Å². The number of β-amino-alcohol motifs (C(OH)–C–C–N with tert-alkyl or cyclic N) is 1. The Bertz CT molecular complexity index is 834. The number of aryl methyl sites for hydroxylation is 1. The van der Waals surface area contributed by atoms with E-state index in [0.29, 0.717) is 6.54 Å². The number of nitrogens with zero attached hydrogens (tertiary/aromatic N) is 2. The number of anilines is 1. The van der Waals surface area contributed by atoms with E-state index in [1.807, 2.05) is 18.2 Å². The van der Waals surface area contributed by atoms with Gasteiger partial charge in [0.25, 0.3) is 11.6 Å². The zero-order valence-electron chi connectivity index (χ0n) is 16.0. The molecule has 0 spiro atoms. The van der Waals surface area contributed by atoms with Gasteiger partial charge in [0, 0.05) is 12.0 Å². The van der Waals surface area contributed by atoms with Gasteiger partial charge in [-0.3, -0.25) is 0 Å². The molecule has 27 heavy (non-hydrogen) atoms. The molecule has 2 aromatic rings. The Morgan fingerprint density at radius 3 is 2.52 bits per heavy atom. The van der Waals surface area contributed by atoms with E-state index in [2.05, 4.69) is 46.7 Å². The Kier molecular flexibility index (Phi) is 5.92. The third kappa shape index (κ3) is 3.50. The number of methoxy groups -OCH3 is 1. The van der Waals surface area contributed by atoms with Crippen LogP contribution in [0, 0.1) is 6.92 Å². The molecule has 0 amide bonds. The number of para-hydroxylation sites is 2. The van der Waals surface area contributed by atoms with Crippen molar-refractivity contribution in [1.82, 2.24) is 0 Å². The quantitative estimate of drug-likeness (QED) is 0.726. The molecule has 2 aromatic carbocycles. The average Bonchev–Trinajstić information content (AvgIpc) is 2.82. The van der Waals surface area contributed by atoms with Crippen LogP contribution in [0.5, 0.6) is 5.75 Å². The Hall–Kier alpha value is -1.85. The van der Waals surface area contributed by atoms with Gasteiger partial charge in [0.2, 0.25) is 0 Å². The maximum absolute atomic E-state index is 11.8. The van der Waals surface area contributed by atoms with Crippen LogP contribution in [0.1, 0.15) is 36.8 Å². The molecule has 4 rings (SSSR count). The van der Waals surface area contributed by atoms with Crippen molar-refractivity contribution < 1.29 is 31.4 Å². The van der Waals surface area contributed by atoms with Gasteiger partial charge >= 0.3 is 0 Å². The van der Waals surface area contributed by atoms with E-state index in [1.165, 1.54) is 17.8 Å². The van der Waals surface area contributed by atoms with Gasteiger partial charge < -0.3 is 26.8 Å². The molecule has 5 heteroatoms. The monoisotopic (exact) mass is 430 g/mol. The summed E-state index contributed by atoms with van der Waals surface area (Å²) < 4.78 is 7.82. The minimum atomic E-state index is -1.01. The normalized spacial score (nSPS) is 22.1. The lowest BCUT2D eigenvalue weighted by molar-refractivity contribution is -0.658. The van der Waals surface area contributed by atoms with Gasteiger partial charge in [-0.2, -0.15) is 0 Å². The zero-order valence-corrected chi connectivity index (χ0v) is 17.6. The molecule has 1 N–H and O–H groups in total. The van der Waals surface area contributed by atoms with Gasteiger partial charge in [-0.15, -0.1) is 0 Å². The number of hydrogen-bond acceptors (Lipinski definition) is 3. The summed E-state index contributed by atoms with van der Waals surface area (Å²) in [6.45, 7) is 3.48. The lowest BCUT2D eigenvalue weighted by Crippen LogP contribution is -3.00. The molecule has 0 saturated heterocycles. The molecule has 0 fully saturated rings. The van der Waals surface area contributed by atoms with Gasteiger partial charge in [0.1, 0.15) is 0 Å². The smallest absolute Gasteiger partial charge is 0.271 e. The second kappa shape index (κ2) is 8.03. The van der Waals surface area contributed by atoms with Crippen LogP contribution in [0.4, 0.5) is 5.69 Å². The molecule has 1 atom stereocenters. The lowest BCUT2D eigenvalue weighted by Gasteiger charge is -2.24. The van der Waals surface area contributed by atoms with Crippen molar-refractivity contribution in [2.45, 2.75) is 38.3 Å². The van der Waals surface area contributed by atoms with E-state index < -0.39 is 5.72 Å². The fourth-order valence-corrected chi connectivity index (χ4v) is 4.21. The Balaban J connectivity index is 0.00000210. The van der Waals surface area contributed by atoms with Gasteiger partial charge in [-0.25, -0.2) is 9.48 Å². The first-order valence-corrected chi connectivity index (χ1v) is 9.47. The fraction of sp³-hybridized carbons (Fsp3) is 0.409. The minimum Gasteiger partial charge on any atom is -1.00 e. The highest BCUT2D eigenvalue weighted by Crippen LogP contribution is 2.38. The molecule has 0 saturated carbocycles. The molecular formula is C22H27BrN2O2. The minimum absolute atomic E-state index is 0. The van der Waals surface area contributed by atoms with Crippen molar-refractivity contribution in [2.75, 3.05) is 25.1 Å². The summed E-state index contributed by atoms with van der Waals surface area (Å²) in [5.74, 6) is 2.05. The molecule has 4 nitrogen and oxygen atoms in total. The largest absolute Gasteiger partial charge is 1.00 e. The van der Waals surface area contributed by atoms with Crippen LogP contribution in [-0.2, 0) is 5.72 Å². The average molecular weight is 431 g/mol. The maximum Gasteiger partial charge on any atom is 0.271 e. The predicted octanol–water partition coefficient (Wildman–Crippen LogP) is 0.658. The molecule has 1 unspecified atom stereocenters. The van der Waals surface area contributed by atoms with Crippen LogP contribution in [0.2, 0.25) is 0 Å². The fourth-order valence-electron chi connectivity index (χ4n) is 4.21. The topological polar surface area (TPSA) is 35.7 Å². The van der Waals surface area contributed by atoms with Crippen LogP contribution in [-0.4, -0.2) is 35.7 Å². The van der Waals surface area contributed by atoms with Crippen LogP contribution in [0.25, 0.3) is 0 Å². The third-order valence-electron chi connectivity index (χ3n) is 5.62. The molecule has 144 valence electrons. The number of benzene rings is 2. The zero-order chi connectivity index (χ0) is 18.1. The summed E-state index contributed by atoms with van der Waals surface area (Å²) in [4.78, 5) is 2.25. The second-order valence-electron chi connectivity index (χ2n) is 7.32. The summed E-state index contributed by atoms with van der Waals surface area (Å²) >= 11 is 0. The Morgan fingerprint density at radius 2 is 1.78 bits per heavy atom. The van der Waals surface area contributed by atoms with Crippen molar-refractivity contribution >= 4 is 11.5 Å². The van der Waals surface area contributed by atoms with E-state index >= 15 is 0 Å². The van der Waals surface area contributed by atoms with Crippen LogP contribution >= 0.6 is 0 Å². The van der Waals surface area contributed by atoms with Crippen LogP contribution in [0.3, 0.4) is 0 Å². The van der Waals surface area contributed by atoms with Gasteiger partial charge in [0.15, 0.2) is 18.0 Å². The second-order valence-corrected chi connectivity index (χ2v) is 7.32. The van der Waals surface area contributed by atoms with Crippen LogP contribution in [0.15, 0.2) is 48.5 Å². The molecule has 0 aliphatic carbocycles. The van der Waals surface area contributed by atoms with Crippen molar-refractivity contribution in [3.05, 3.63) is 59.7 Å². The van der Waals surface area contributed by atoms with Crippen LogP contribution < -0.4 is 26.6 Å². The SMILES string of the molecule is COc1ccccc1N1CC(O)(c2ccc(C)cc2)[N+]2=C1CCCCC2.[Br-]. The van der Waals surface area contributed by atoms with Crippen molar-refractivity contribution in [2.24, 2.45) is 0 Å². The highest BCUT2D eigenvalue weighted by atomic mass is 79.9. The van der Waals surface area contributed by atoms with E-state index in [-0.39, 0.29) is 17.0 Å². The van der Waals surface area contributed by atoms with Crippen molar-refractivity contribution in [3.63, 3.8) is 0 Å². The number of amidine groups is 1. The first-order chi connectivity index (χ1) is 12.6. The van der Waals surface area contributed by atoms with Gasteiger partial charge in [-0.05, 0) is 38.3 Å². The summed E-state index contributed by atoms with van der Waals surface area (Å²) in [6.07, 6.45) is 4.44. The number of aliphatic hydroxyl groups is 1. The number of ether oxygens (including phenoxy) is 1. The standard InChI is InChI=1S/C22H27N2O2.BrH/c1-17-11-13-18(14-12-17)22(25)16-23(19-8-5-6-9-20(19)26-2)21-10-4-3-7-15-24(21)22;/h5-6,8-9,11-14,25H,3-4,7,10,15-16H2,1-2H3;1H/q+1;/p-1. The highest BCUT2D eigenvalue weighted by Gasteiger charge is 2.52. The predicted molar refractivity (Wildman–Crippen MR) is 104 cm³/mol. The third-order valence-corrected chi connectivity index (χ3v) is 5.62. The molecule has 2 aliphatic heterocycles. The van der Waals surface area contributed by atoms with Crippen molar-refractivity contribution in [3.8, 4) is 5.75 Å². The number of rotatable bonds is 3. The van der Waals surface area contributed by atoms with E-state index in [1.54, 1.807) is 7.11 Å². The summed E-state index contributed by atoms with van der Waals surface area (Å²) in [5.41, 5.74) is 2.19. The van der Waals surface area contributed by atoms with Gasteiger partial charge in [0.05, 0.1) is 13.7 Å². The summed E-state index contributed by atoms with van der Waals surface area (Å²) in [5, 5.41) is 11.8. The van der Waals surface area contributed by atoms with E-state index in [4.69, 9.17) is 4.74 Å². The number of hydrogen-bond donors (Lipinski definition) is 1. The lowest BCUT2D eigenvalue weighted by atomic mass is 10.0. The number of halogens is 1. The molecule has 0 aromatic heterocycles. The first-order valence-electron chi connectivity index (χ1n) is 9.47. The van der Waals surface area contributed by atoms with E-state index in [0.717, 1.165) is 42.8 Å². The Labute approximate surface area is 171 Å². The molecular weight excluding hydrogens is 404 g/mol. The molecule has 0 bridgehead atoms. The maximum atomic E-state index is 11.8. The highest BCUT2D eigenvalue weighted by molar-refractivity contribution is 5.97.